The van der Waals surface area contributed by atoms with Crippen LogP contribution in [0.1, 0.15) is 6.42 Å². The van der Waals surface area contributed by atoms with E-state index in [1.165, 1.54) is 6.33 Å². The number of nitrogens with one attached hydrogen (secondary N) is 1. The van der Waals surface area contributed by atoms with E-state index in [0.717, 1.165) is 12.1 Å². The van der Waals surface area contributed by atoms with Crippen LogP contribution in [0.2, 0.25) is 5.02 Å². The maximum Gasteiger partial charge on any atom is 0.230 e. The number of ether oxygens (including phenoxy) is 3. The zero-order valence-electron chi connectivity index (χ0n) is 15.0. The molecule has 2 aromatic carbocycles. The summed E-state index contributed by atoms with van der Waals surface area (Å²) in [5.41, 5.74) is 1.50. The monoisotopic (exact) mass is 407 g/mol. The minimum absolute atomic E-state index is 0.402. The number of alkyl halides is 1. The van der Waals surface area contributed by atoms with Gasteiger partial charge in [-0.25, -0.2) is 9.97 Å². The van der Waals surface area contributed by atoms with E-state index in [0.29, 0.717) is 51.5 Å². The van der Waals surface area contributed by atoms with Gasteiger partial charge in [0.25, 0.3) is 0 Å². The quantitative estimate of drug-likeness (QED) is 0.412. The number of aromatic nitrogens is 2. The number of benzene rings is 2. The molecule has 1 heterocycles. The average molecular weight is 408 g/mol. The smallest absolute Gasteiger partial charge is 0.230 e. The molecule has 3 aromatic rings. The summed E-state index contributed by atoms with van der Waals surface area (Å²) >= 11 is 11.9. The van der Waals surface area contributed by atoms with Crippen molar-refractivity contribution in [2.75, 3.05) is 32.0 Å². The Morgan fingerprint density at radius 1 is 1.11 bits per heavy atom. The average Bonchev–Trinajstić information content (AvgIpc) is 2.68. The minimum Gasteiger partial charge on any atom is -0.493 e. The molecule has 0 aliphatic heterocycles. The summed E-state index contributed by atoms with van der Waals surface area (Å²) in [6.45, 7) is 0.496. The maximum atomic E-state index is 6.22. The van der Waals surface area contributed by atoms with Crippen molar-refractivity contribution in [2.45, 2.75) is 6.42 Å². The fourth-order valence-electron chi connectivity index (χ4n) is 2.50. The third-order valence-electron chi connectivity index (χ3n) is 3.84. The summed E-state index contributed by atoms with van der Waals surface area (Å²) in [6, 6.07) is 8.97. The predicted molar refractivity (Wildman–Crippen MR) is 108 cm³/mol. The number of nitrogens with zero attached hydrogens (tertiary/aromatic N) is 2. The van der Waals surface area contributed by atoms with Crippen LogP contribution in [0.5, 0.6) is 23.1 Å². The zero-order valence-corrected chi connectivity index (χ0v) is 16.5. The number of hydrogen-bond acceptors (Lipinski definition) is 6. The Hall–Kier alpha value is -2.44. The van der Waals surface area contributed by atoms with E-state index in [1.807, 2.05) is 12.1 Å². The van der Waals surface area contributed by atoms with Crippen LogP contribution in [0.25, 0.3) is 10.9 Å². The lowest BCUT2D eigenvalue weighted by Crippen LogP contribution is -2.01. The van der Waals surface area contributed by atoms with E-state index >= 15 is 0 Å². The molecule has 0 radical (unpaired) electrons. The maximum absolute atomic E-state index is 6.22. The van der Waals surface area contributed by atoms with Crippen LogP contribution in [-0.4, -0.2) is 36.6 Å². The molecule has 6 nitrogen and oxygen atoms in total. The molecule has 3 rings (SSSR count). The van der Waals surface area contributed by atoms with E-state index in [1.54, 1.807) is 32.4 Å². The first-order chi connectivity index (χ1) is 13.2. The van der Waals surface area contributed by atoms with E-state index in [9.17, 15) is 0 Å². The van der Waals surface area contributed by atoms with Gasteiger partial charge in [-0.05, 0) is 24.6 Å². The minimum atomic E-state index is 0.402. The Bertz CT molecular complexity index is 937. The lowest BCUT2D eigenvalue weighted by Gasteiger charge is -2.13. The number of fused-ring (bicyclic) bond motifs is 1. The van der Waals surface area contributed by atoms with Crippen molar-refractivity contribution in [3.8, 4) is 23.1 Å². The molecule has 1 N–H and O–H groups in total. The molecule has 27 heavy (non-hydrogen) atoms. The van der Waals surface area contributed by atoms with Gasteiger partial charge >= 0.3 is 0 Å². The second-order valence-electron chi connectivity index (χ2n) is 5.58. The van der Waals surface area contributed by atoms with Gasteiger partial charge in [0.1, 0.15) is 12.1 Å². The largest absolute Gasteiger partial charge is 0.493 e. The summed E-state index contributed by atoms with van der Waals surface area (Å²) in [4.78, 5) is 8.55. The van der Waals surface area contributed by atoms with E-state index < -0.39 is 0 Å². The van der Waals surface area contributed by atoms with Gasteiger partial charge in [-0.15, -0.1) is 11.6 Å². The highest BCUT2D eigenvalue weighted by Crippen LogP contribution is 2.37. The van der Waals surface area contributed by atoms with Crippen LogP contribution in [0, 0.1) is 0 Å². The van der Waals surface area contributed by atoms with Crippen molar-refractivity contribution in [3.05, 3.63) is 41.7 Å². The second kappa shape index (κ2) is 8.97. The normalized spacial score (nSPS) is 10.7. The van der Waals surface area contributed by atoms with Crippen molar-refractivity contribution >= 4 is 39.8 Å². The van der Waals surface area contributed by atoms with Gasteiger partial charge in [-0.3, -0.25) is 0 Å². The Labute approximate surface area is 167 Å². The first kappa shape index (κ1) is 19.3. The number of halogens is 2. The third-order valence-corrected chi connectivity index (χ3v) is 4.42. The Balaban J connectivity index is 1.95. The highest BCUT2D eigenvalue weighted by molar-refractivity contribution is 6.33. The van der Waals surface area contributed by atoms with Gasteiger partial charge in [-0.2, -0.15) is 0 Å². The van der Waals surface area contributed by atoms with Gasteiger partial charge in [-0.1, -0.05) is 11.6 Å². The SMILES string of the molecule is CNc1ccc(Oc2ncnc3cc(OCCCCl)c(OC)cc23)cc1Cl. The van der Waals surface area contributed by atoms with Crippen LogP contribution in [0.3, 0.4) is 0 Å². The van der Waals surface area contributed by atoms with Gasteiger partial charge in [0.15, 0.2) is 11.5 Å². The number of methoxy groups -OCH3 is 1. The molecule has 0 spiro atoms. The molecule has 0 saturated carbocycles. The van der Waals surface area contributed by atoms with Gasteiger partial charge in [0, 0.05) is 25.1 Å². The van der Waals surface area contributed by atoms with Crippen LogP contribution >= 0.6 is 23.2 Å². The molecule has 0 saturated heterocycles. The summed E-state index contributed by atoms with van der Waals surface area (Å²) in [5, 5.41) is 4.26. The van der Waals surface area contributed by atoms with Crippen LogP contribution in [-0.2, 0) is 0 Å². The van der Waals surface area contributed by atoms with Crippen molar-refractivity contribution in [1.82, 2.24) is 9.97 Å². The lowest BCUT2D eigenvalue weighted by molar-refractivity contribution is 0.295. The fraction of sp³-hybridized carbons (Fsp3) is 0.263. The van der Waals surface area contributed by atoms with Gasteiger partial charge in [0.05, 0.1) is 35.3 Å². The van der Waals surface area contributed by atoms with Crippen LogP contribution in [0.4, 0.5) is 5.69 Å². The molecular formula is C19H19Cl2N3O3. The van der Waals surface area contributed by atoms with Crippen molar-refractivity contribution in [2.24, 2.45) is 0 Å². The summed E-state index contributed by atoms with van der Waals surface area (Å²) < 4.78 is 17.1. The fourth-order valence-corrected chi connectivity index (χ4v) is 2.88. The Morgan fingerprint density at radius 3 is 2.67 bits per heavy atom. The van der Waals surface area contributed by atoms with Crippen LogP contribution < -0.4 is 19.5 Å². The topological polar surface area (TPSA) is 65.5 Å². The van der Waals surface area contributed by atoms with Crippen molar-refractivity contribution in [1.29, 1.82) is 0 Å². The lowest BCUT2D eigenvalue weighted by atomic mass is 10.2. The van der Waals surface area contributed by atoms with Crippen molar-refractivity contribution in [3.63, 3.8) is 0 Å². The number of anilines is 1. The Kier molecular flexibility index (Phi) is 6.42. The van der Waals surface area contributed by atoms with E-state index in [2.05, 4.69) is 15.3 Å². The number of rotatable bonds is 8. The Morgan fingerprint density at radius 2 is 1.96 bits per heavy atom. The molecule has 0 fully saturated rings. The second-order valence-corrected chi connectivity index (χ2v) is 6.37. The molecule has 0 aliphatic carbocycles. The molecule has 0 bridgehead atoms. The van der Waals surface area contributed by atoms with E-state index in [4.69, 9.17) is 37.4 Å². The summed E-state index contributed by atoms with van der Waals surface area (Å²) in [5.74, 6) is 2.67. The summed E-state index contributed by atoms with van der Waals surface area (Å²) in [6.07, 6.45) is 2.18. The molecule has 142 valence electrons. The molecule has 0 amide bonds. The molecule has 1 aromatic heterocycles. The molecule has 8 heteroatoms. The highest BCUT2D eigenvalue weighted by Gasteiger charge is 2.13. The zero-order chi connectivity index (χ0) is 19.2. The summed E-state index contributed by atoms with van der Waals surface area (Å²) in [7, 11) is 3.38. The number of hydrogen-bond donors (Lipinski definition) is 1. The first-order valence-electron chi connectivity index (χ1n) is 8.33. The van der Waals surface area contributed by atoms with Gasteiger partial charge in [0.2, 0.25) is 5.88 Å². The van der Waals surface area contributed by atoms with Crippen LogP contribution in [0.15, 0.2) is 36.7 Å². The molecular weight excluding hydrogens is 389 g/mol. The standard InChI is InChI=1S/C19H19Cl2N3O3/c1-22-15-5-4-12(8-14(15)21)27-19-13-9-17(25-2)18(26-7-3-6-20)10-16(13)23-11-24-19/h4-5,8-11,22H,3,6-7H2,1-2H3. The molecule has 0 unspecified atom stereocenters. The molecule has 0 atom stereocenters. The van der Waals surface area contributed by atoms with Gasteiger partial charge < -0.3 is 19.5 Å². The van der Waals surface area contributed by atoms with Crippen molar-refractivity contribution < 1.29 is 14.2 Å². The third kappa shape index (κ3) is 4.46. The predicted octanol–water partition coefficient (Wildman–Crippen LogP) is 5.13. The van der Waals surface area contributed by atoms with E-state index in [-0.39, 0.29) is 0 Å². The highest BCUT2D eigenvalue weighted by atomic mass is 35.5. The first-order valence-corrected chi connectivity index (χ1v) is 9.24. The molecule has 0 aliphatic rings.